The first-order valence-electron chi connectivity index (χ1n) is 6.90. The molecule has 0 amide bonds. The van der Waals surface area contributed by atoms with Crippen molar-refractivity contribution in [2.45, 2.75) is 26.4 Å². The molecule has 0 fully saturated rings. The number of ether oxygens (including phenoxy) is 1. The van der Waals surface area contributed by atoms with Crippen molar-refractivity contribution in [2.24, 2.45) is 0 Å². The van der Waals surface area contributed by atoms with Gasteiger partial charge in [-0.3, -0.25) is 0 Å². The van der Waals surface area contributed by atoms with Crippen molar-refractivity contribution < 1.29 is 4.74 Å². The van der Waals surface area contributed by atoms with Gasteiger partial charge in [0.2, 0.25) is 0 Å². The largest absolute Gasteiger partial charge is 0.489 e. The van der Waals surface area contributed by atoms with Crippen LogP contribution in [0.3, 0.4) is 0 Å². The molecule has 0 spiro atoms. The summed E-state index contributed by atoms with van der Waals surface area (Å²) in [6.07, 6.45) is 1.08. The fourth-order valence-electron chi connectivity index (χ4n) is 1.90. The highest BCUT2D eigenvalue weighted by atomic mass is 35.5. The van der Waals surface area contributed by atoms with Gasteiger partial charge in [-0.05, 0) is 43.2 Å². The summed E-state index contributed by atoms with van der Waals surface area (Å²) >= 11 is 6.12. The predicted molar refractivity (Wildman–Crippen MR) is 85.8 cm³/mol. The van der Waals surface area contributed by atoms with Crippen LogP contribution in [0.25, 0.3) is 0 Å². The molecule has 2 nitrogen and oxygen atoms in total. The molecule has 0 saturated carbocycles. The van der Waals surface area contributed by atoms with E-state index in [2.05, 4.69) is 12.2 Å². The summed E-state index contributed by atoms with van der Waals surface area (Å²) < 4.78 is 5.94. The van der Waals surface area contributed by atoms with E-state index >= 15 is 0 Å². The Balaban J connectivity index is 1.92. The number of rotatable bonds is 6. The van der Waals surface area contributed by atoms with Crippen LogP contribution in [-0.4, -0.2) is 12.6 Å². The van der Waals surface area contributed by atoms with Gasteiger partial charge in [0.15, 0.2) is 0 Å². The summed E-state index contributed by atoms with van der Waals surface area (Å²) in [6.45, 7) is 4.88. The summed E-state index contributed by atoms with van der Waals surface area (Å²) in [7, 11) is 0. The Bertz CT molecular complexity index is 542. The van der Waals surface area contributed by atoms with E-state index in [0.29, 0.717) is 0 Å². The van der Waals surface area contributed by atoms with Gasteiger partial charge in [0.05, 0.1) is 6.54 Å². The lowest BCUT2D eigenvalue weighted by Gasteiger charge is -2.19. The molecule has 0 aliphatic carbocycles. The predicted octanol–water partition coefficient (Wildman–Crippen LogP) is 4.92. The molecule has 0 bridgehead atoms. The standard InChI is InChI=1S/C17H20ClNO/c1-3-15(20-16-7-5-4-6-8-16)12-19-14-10-9-13(2)17(18)11-14/h4-11,15,19H,3,12H2,1-2H3. The van der Waals surface area contributed by atoms with Gasteiger partial charge < -0.3 is 10.1 Å². The van der Waals surface area contributed by atoms with Crippen LogP contribution in [0.4, 0.5) is 5.69 Å². The average Bonchev–Trinajstić information content (AvgIpc) is 2.48. The van der Waals surface area contributed by atoms with Crippen LogP contribution in [0.2, 0.25) is 5.02 Å². The molecule has 2 rings (SSSR count). The average molecular weight is 290 g/mol. The number of nitrogens with one attached hydrogen (secondary N) is 1. The first-order chi connectivity index (χ1) is 9.69. The van der Waals surface area contributed by atoms with E-state index in [4.69, 9.17) is 16.3 Å². The number of hydrogen-bond donors (Lipinski definition) is 1. The lowest BCUT2D eigenvalue weighted by atomic mass is 10.2. The molecular formula is C17H20ClNO. The molecule has 0 heterocycles. The van der Waals surface area contributed by atoms with E-state index in [1.165, 1.54) is 0 Å². The fraction of sp³-hybridized carbons (Fsp3) is 0.294. The number of benzene rings is 2. The number of hydrogen-bond acceptors (Lipinski definition) is 2. The van der Waals surface area contributed by atoms with Gasteiger partial charge in [-0.1, -0.05) is 42.8 Å². The molecule has 1 N–H and O–H groups in total. The quantitative estimate of drug-likeness (QED) is 0.815. The third-order valence-corrected chi connectivity index (χ3v) is 3.61. The molecule has 0 aliphatic rings. The van der Waals surface area contributed by atoms with Crippen LogP contribution in [0.5, 0.6) is 5.75 Å². The lowest BCUT2D eigenvalue weighted by Crippen LogP contribution is -2.25. The zero-order valence-electron chi connectivity index (χ0n) is 11.9. The zero-order chi connectivity index (χ0) is 14.4. The maximum absolute atomic E-state index is 6.12. The van der Waals surface area contributed by atoms with Crippen LogP contribution in [0.1, 0.15) is 18.9 Å². The van der Waals surface area contributed by atoms with Gasteiger partial charge in [0.1, 0.15) is 11.9 Å². The number of halogens is 1. The first-order valence-corrected chi connectivity index (χ1v) is 7.28. The molecule has 0 saturated heterocycles. The van der Waals surface area contributed by atoms with Crippen molar-refractivity contribution in [1.82, 2.24) is 0 Å². The van der Waals surface area contributed by atoms with Crippen LogP contribution in [-0.2, 0) is 0 Å². The van der Waals surface area contributed by atoms with Crippen molar-refractivity contribution in [3.8, 4) is 5.75 Å². The summed E-state index contributed by atoms with van der Waals surface area (Å²) in [5.74, 6) is 0.906. The van der Waals surface area contributed by atoms with Crippen LogP contribution >= 0.6 is 11.6 Å². The number of anilines is 1. The molecule has 2 aromatic rings. The van der Waals surface area contributed by atoms with Gasteiger partial charge >= 0.3 is 0 Å². The maximum Gasteiger partial charge on any atom is 0.119 e. The van der Waals surface area contributed by atoms with E-state index in [0.717, 1.165) is 35.0 Å². The van der Waals surface area contributed by atoms with Crippen molar-refractivity contribution in [1.29, 1.82) is 0 Å². The Hall–Kier alpha value is -1.67. The minimum atomic E-state index is 0.137. The van der Waals surface area contributed by atoms with Crippen LogP contribution in [0, 0.1) is 6.92 Å². The normalized spacial score (nSPS) is 11.9. The van der Waals surface area contributed by atoms with Gasteiger partial charge in [-0.15, -0.1) is 0 Å². The second kappa shape index (κ2) is 7.20. The second-order valence-electron chi connectivity index (χ2n) is 4.81. The summed E-state index contributed by atoms with van der Waals surface area (Å²) in [4.78, 5) is 0. The molecule has 106 valence electrons. The Labute approximate surface area is 125 Å². The first kappa shape index (κ1) is 14.7. The molecule has 0 aromatic heterocycles. The third kappa shape index (κ3) is 4.17. The Kier molecular flexibility index (Phi) is 5.31. The summed E-state index contributed by atoms with van der Waals surface area (Å²) in [5, 5.41) is 4.16. The van der Waals surface area contributed by atoms with E-state index in [1.54, 1.807) is 0 Å². The smallest absolute Gasteiger partial charge is 0.119 e. The molecule has 0 radical (unpaired) electrons. The zero-order valence-corrected chi connectivity index (χ0v) is 12.7. The molecule has 1 atom stereocenters. The van der Waals surface area contributed by atoms with Crippen LogP contribution in [0.15, 0.2) is 48.5 Å². The van der Waals surface area contributed by atoms with Crippen LogP contribution < -0.4 is 10.1 Å². The van der Waals surface area contributed by atoms with E-state index in [-0.39, 0.29) is 6.10 Å². The van der Waals surface area contributed by atoms with Gasteiger partial charge in [-0.2, -0.15) is 0 Å². The van der Waals surface area contributed by atoms with E-state index in [1.807, 2.05) is 55.5 Å². The second-order valence-corrected chi connectivity index (χ2v) is 5.21. The highest BCUT2D eigenvalue weighted by Gasteiger charge is 2.08. The van der Waals surface area contributed by atoms with E-state index in [9.17, 15) is 0 Å². The van der Waals surface area contributed by atoms with Crippen molar-refractivity contribution in [3.05, 3.63) is 59.1 Å². The number of aryl methyl sites for hydroxylation is 1. The molecular weight excluding hydrogens is 270 g/mol. The van der Waals surface area contributed by atoms with Crippen molar-refractivity contribution in [3.63, 3.8) is 0 Å². The minimum Gasteiger partial charge on any atom is -0.489 e. The third-order valence-electron chi connectivity index (χ3n) is 3.21. The summed E-state index contributed by atoms with van der Waals surface area (Å²) in [5.41, 5.74) is 2.11. The lowest BCUT2D eigenvalue weighted by molar-refractivity contribution is 0.210. The molecule has 2 aromatic carbocycles. The van der Waals surface area contributed by atoms with Gasteiger partial charge in [-0.25, -0.2) is 0 Å². The highest BCUT2D eigenvalue weighted by Crippen LogP contribution is 2.20. The SMILES string of the molecule is CCC(CNc1ccc(C)c(Cl)c1)Oc1ccccc1. The topological polar surface area (TPSA) is 21.3 Å². The molecule has 0 aliphatic heterocycles. The Morgan fingerprint density at radius 3 is 2.55 bits per heavy atom. The monoisotopic (exact) mass is 289 g/mol. The van der Waals surface area contributed by atoms with Gasteiger partial charge in [0.25, 0.3) is 0 Å². The van der Waals surface area contributed by atoms with Gasteiger partial charge in [0, 0.05) is 10.7 Å². The summed E-state index contributed by atoms with van der Waals surface area (Å²) in [6, 6.07) is 15.9. The fourth-order valence-corrected chi connectivity index (χ4v) is 2.08. The maximum atomic E-state index is 6.12. The molecule has 3 heteroatoms. The Morgan fingerprint density at radius 1 is 1.15 bits per heavy atom. The van der Waals surface area contributed by atoms with Crippen molar-refractivity contribution in [2.75, 3.05) is 11.9 Å². The molecule has 1 unspecified atom stereocenters. The van der Waals surface area contributed by atoms with E-state index < -0.39 is 0 Å². The highest BCUT2D eigenvalue weighted by molar-refractivity contribution is 6.31. The molecule has 20 heavy (non-hydrogen) atoms. The van der Waals surface area contributed by atoms with Crippen molar-refractivity contribution >= 4 is 17.3 Å². The minimum absolute atomic E-state index is 0.137. The number of para-hydroxylation sites is 1. The Morgan fingerprint density at radius 2 is 1.90 bits per heavy atom.